The number of benzene rings is 2. The summed E-state index contributed by atoms with van der Waals surface area (Å²) in [6.07, 6.45) is 7.19. The molecule has 4 heterocycles. The number of amides is 1. The Morgan fingerprint density at radius 2 is 2.03 bits per heavy atom. The molecule has 1 unspecified atom stereocenters. The molecule has 1 atom stereocenters. The molecular weight excluding hydrogens is 404 g/mol. The van der Waals surface area contributed by atoms with E-state index in [1.807, 2.05) is 68.3 Å². The topological polar surface area (TPSA) is 96.0 Å². The number of hydrogen-bond donors (Lipinski definition) is 2. The first kappa shape index (κ1) is 18.6. The largest absolute Gasteiger partial charge is 0.325 e. The summed E-state index contributed by atoms with van der Waals surface area (Å²) in [6, 6.07) is 12.0. The van der Waals surface area contributed by atoms with Crippen LogP contribution in [-0.2, 0) is 17.3 Å². The molecule has 0 saturated carbocycles. The lowest BCUT2D eigenvalue weighted by Crippen LogP contribution is -2.44. The van der Waals surface area contributed by atoms with E-state index in [0.717, 1.165) is 33.5 Å². The van der Waals surface area contributed by atoms with Gasteiger partial charge in [0.05, 0.1) is 23.3 Å². The van der Waals surface area contributed by atoms with Gasteiger partial charge in [-0.1, -0.05) is 10.7 Å². The van der Waals surface area contributed by atoms with Crippen LogP contribution in [0, 0.1) is 0 Å². The van der Waals surface area contributed by atoms with Gasteiger partial charge in [0.15, 0.2) is 11.9 Å². The fourth-order valence-corrected chi connectivity index (χ4v) is 4.37. The van der Waals surface area contributed by atoms with Gasteiger partial charge in [-0.2, -0.15) is 10.1 Å². The minimum atomic E-state index is -0.541. The average Bonchev–Trinajstić information content (AvgIpc) is 3.40. The minimum Gasteiger partial charge on any atom is -0.325 e. The van der Waals surface area contributed by atoms with Crippen molar-refractivity contribution < 1.29 is 4.79 Å². The molecule has 1 aromatic heterocycles. The number of aromatic nitrogens is 2. The van der Waals surface area contributed by atoms with Crippen molar-refractivity contribution in [3.05, 3.63) is 60.6 Å². The molecule has 32 heavy (non-hydrogen) atoms. The molecule has 0 aliphatic carbocycles. The molecule has 158 valence electrons. The van der Waals surface area contributed by atoms with Crippen LogP contribution in [0.1, 0.15) is 19.4 Å². The first-order valence-electron chi connectivity index (χ1n) is 10.3. The van der Waals surface area contributed by atoms with Crippen LogP contribution in [0.5, 0.6) is 0 Å². The number of anilines is 2. The maximum atomic E-state index is 12.3. The Labute approximate surface area is 184 Å². The average molecular weight is 425 g/mol. The third-order valence-corrected chi connectivity index (χ3v) is 6.27. The highest BCUT2D eigenvalue weighted by molar-refractivity contribution is 6.38. The number of quaternary nitrogens is 1. The molecule has 9 nitrogen and oxygen atoms in total. The van der Waals surface area contributed by atoms with Gasteiger partial charge in [0, 0.05) is 35.9 Å². The number of nitrogens with zero attached hydrogens (tertiary/aromatic N) is 6. The van der Waals surface area contributed by atoms with Gasteiger partial charge in [0.2, 0.25) is 5.91 Å². The molecule has 0 radical (unpaired) electrons. The van der Waals surface area contributed by atoms with Gasteiger partial charge >= 0.3 is 0 Å². The van der Waals surface area contributed by atoms with Crippen LogP contribution in [-0.4, -0.2) is 33.7 Å². The van der Waals surface area contributed by atoms with Gasteiger partial charge in [-0.05, 0) is 42.7 Å². The number of aliphatic imine (C=N–C) groups is 2. The van der Waals surface area contributed by atoms with Gasteiger partial charge in [-0.3, -0.25) is 14.5 Å². The molecule has 3 aromatic rings. The Balaban J connectivity index is 1.38. The Morgan fingerprint density at radius 3 is 2.91 bits per heavy atom. The van der Waals surface area contributed by atoms with Crippen LogP contribution >= 0.6 is 0 Å². The number of aryl methyl sites for hydroxylation is 1. The SMILES string of the molecule is Cn1ncc2cc([N+]34C=CN=CC3=NC(Nc3ccc5c(c3)NC(=O)C5(C)C)=N4)ccc21. The molecule has 0 fully saturated rings. The number of hydrogen-bond acceptors (Lipinski definition) is 6. The zero-order valence-electron chi connectivity index (χ0n) is 17.9. The number of carbonyl (C=O) groups excluding carboxylic acids is 1. The van der Waals surface area contributed by atoms with Gasteiger partial charge in [0.25, 0.3) is 11.8 Å². The van der Waals surface area contributed by atoms with E-state index in [1.165, 1.54) is 0 Å². The van der Waals surface area contributed by atoms with Crippen molar-refractivity contribution in [3.63, 3.8) is 0 Å². The standard InChI is InChI=1S/C23H20N8O/c1-23(2)17-6-4-15(11-18(17)27-21(23)32)26-22-28-20-13-24-8-9-31(20,29-22)16-5-7-19-14(10-16)12-25-30(19)3/h4-13H,1-3H3,(H-,26,27,29,32)/p+1. The van der Waals surface area contributed by atoms with Crippen molar-refractivity contribution in [1.82, 2.24) is 14.4 Å². The van der Waals surface area contributed by atoms with Gasteiger partial charge in [-0.15, -0.1) is 0 Å². The fraction of sp³-hybridized carbons (Fsp3) is 0.174. The first-order chi connectivity index (χ1) is 15.4. The summed E-state index contributed by atoms with van der Waals surface area (Å²) in [4.78, 5) is 21.2. The zero-order valence-corrected chi connectivity index (χ0v) is 17.9. The number of guanidine groups is 1. The molecule has 1 amide bonds. The molecule has 2 N–H and O–H groups in total. The summed E-state index contributed by atoms with van der Waals surface area (Å²) in [5.74, 6) is 1.15. The fourth-order valence-electron chi connectivity index (χ4n) is 4.37. The van der Waals surface area contributed by atoms with Crippen molar-refractivity contribution in [2.45, 2.75) is 19.3 Å². The highest BCUT2D eigenvalue weighted by atomic mass is 16.2. The highest BCUT2D eigenvalue weighted by Crippen LogP contribution is 2.39. The number of fused-ring (bicyclic) bond motifs is 3. The number of carbonyl (C=O) groups is 1. The predicted molar refractivity (Wildman–Crippen MR) is 127 cm³/mol. The van der Waals surface area contributed by atoms with Crippen molar-refractivity contribution in [2.75, 3.05) is 10.6 Å². The molecule has 3 aliphatic rings. The van der Waals surface area contributed by atoms with E-state index in [2.05, 4.69) is 26.8 Å². The van der Waals surface area contributed by atoms with E-state index in [1.54, 1.807) is 12.4 Å². The van der Waals surface area contributed by atoms with Crippen LogP contribution in [0.3, 0.4) is 0 Å². The first-order valence-corrected chi connectivity index (χ1v) is 10.3. The second kappa shape index (κ2) is 6.21. The molecule has 0 spiro atoms. The van der Waals surface area contributed by atoms with Crippen LogP contribution in [0.4, 0.5) is 17.1 Å². The van der Waals surface area contributed by atoms with E-state index in [0.29, 0.717) is 11.8 Å². The second-order valence-corrected chi connectivity index (χ2v) is 8.63. The molecule has 6 rings (SSSR count). The number of nitrogens with one attached hydrogen (secondary N) is 2. The molecule has 9 heteroatoms. The van der Waals surface area contributed by atoms with Crippen LogP contribution < -0.4 is 15.2 Å². The number of rotatable bonds is 2. The molecule has 0 saturated heterocycles. The van der Waals surface area contributed by atoms with Crippen LogP contribution in [0.15, 0.2) is 70.1 Å². The lowest BCUT2D eigenvalue weighted by molar-refractivity contribution is -0.119. The summed E-state index contributed by atoms with van der Waals surface area (Å²) < 4.78 is 1.93. The van der Waals surface area contributed by atoms with E-state index in [-0.39, 0.29) is 10.5 Å². The summed E-state index contributed by atoms with van der Waals surface area (Å²) in [5, 5.41) is 16.5. The van der Waals surface area contributed by atoms with Gasteiger partial charge in [0.1, 0.15) is 6.21 Å². The normalized spacial score (nSPS) is 22.4. The summed E-state index contributed by atoms with van der Waals surface area (Å²) in [7, 11) is 1.92. The molecule has 2 aromatic carbocycles. The molecular formula is C23H21N8O+. The molecule has 3 aliphatic heterocycles. The van der Waals surface area contributed by atoms with Crippen molar-refractivity contribution in [3.8, 4) is 0 Å². The van der Waals surface area contributed by atoms with Gasteiger partial charge in [-0.25, -0.2) is 0 Å². The third-order valence-electron chi connectivity index (χ3n) is 6.27. The van der Waals surface area contributed by atoms with Crippen LogP contribution in [0.2, 0.25) is 0 Å². The van der Waals surface area contributed by atoms with Crippen molar-refractivity contribution in [2.24, 2.45) is 22.1 Å². The van der Waals surface area contributed by atoms with E-state index >= 15 is 0 Å². The Kier molecular flexibility index (Phi) is 3.62. The lowest BCUT2D eigenvalue weighted by atomic mass is 9.86. The predicted octanol–water partition coefficient (Wildman–Crippen LogP) is 3.46. The maximum Gasteiger partial charge on any atom is 0.287 e. The second-order valence-electron chi connectivity index (χ2n) is 8.63. The van der Waals surface area contributed by atoms with E-state index < -0.39 is 5.41 Å². The van der Waals surface area contributed by atoms with Gasteiger partial charge < -0.3 is 10.6 Å². The summed E-state index contributed by atoms with van der Waals surface area (Å²) in [5.41, 5.74) is 4.03. The van der Waals surface area contributed by atoms with Crippen LogP contribution in [0.25, 0.3) is 10.9 Å². The quantitative estimate of drug-likeness (QED) is 0.616. The van der Waals surface area contributed by atoms with E-state index in [9.17, 15) is 4.79 Å². The Hall–Kier alpha value is -4.11. The number of amidine groups is 1. The Morgan fingerprint density at radius 1 is 1.16 bits per heavy atom. The highest BCUT2D eigenvalue weighted by Gasteiger charge is 2.43. The van der Waals surface area contributed by atoms with Crippen molar-refractivity contribution >= 4 is 51.9 Å². The van der Waals surface area contributed by atoms with E-state index in [4.69, 9.17) is 10.1 Å². The molecule has 0 bridgehead atoms. The summed E-state index contributed by atoms with van der Waals surface area (Å²) in [6.45, 7) is 3.84. The Bertz CT molecular complexity index is 1440. The lowest BCUT2D eigenvalue weighted by Gasteiger charge is -2.23. The van der Waals surface area contributed by atoms with Crippen molar-refractivity contribution in [1.29, 1.82) is 0 Å². The monoisotopic (exact) mass is 425 g/mol. The maximum absolute atomic E-state index is 12.3. The summed E-state index contributed by atoms with van der Waals surface area (Å²) >= 11 is 0. The third kappa shape index (κ3) is 2.51. The smallest absolute Gasteiger partial charge is 0.287 e. The zero-order chi connectivity index (χ0) is 22.1. The minimum absolute atomic E-state index is 0.00289.